The number of fused-ring (bicyclic) bond motifs is 1. The Hall–Kier alpha value is -3.66. The standard InChI is InChI=1S/C28H21NO3Se/c1-19-24(22-9-3-2-4-10-22)11-6-12-26(19)29-28(31)25-16-23(13-14-27(25)33-29)32-18-21-8-5-7-20(15-21)17-30/h2-17H,18H2,1H3. The average Bonchev–Trinajstić information content (AvgIpc) is 3.19. The molecule has 0 aliphatic rings. The Bertz CT molecular complexity index is 1520. The van der Waals surface area contributed by atoms with Crippen molar-refractivity contribution >= 4 is 30.7 Å². The predicted molar refractivity (Wildman–Crippen MR) is 133 cm³/mol. The van der Waals surface area contributed by atoms with E-state index in [9.17, 15) is 9.59 Å². The number of hydrogen-bond donors (Lipinski definition) is 0. The van der Waals surface area contributed by atoms with Gasteiger partial charge in [-0.1, -0.05) is 0 Å². The van der Waals surface area contributed by atoms with Gasteiger partial charge < -0.3 is 0 Å². The Labute approximate surface area is 197 Å². The summed E-state index contributed by atoms with van der Waals surface area (Å²) in [5.41, 5.74) is 5.85. The number of aromatic nitrogens is 1. The monoisotopic (exact) mass is 499 g/mol. The predicted octanol–water partition coefficient (Wildman–Crippen LogP) is 5.41. The van der Waals surface area contributed by atoms with Gasteiger partial charge in [-0.25, -0.2) is 0 Å². The average molecular weight is 498 g/mol. The number of hydrogen-bond acceptors (Lipinski definition) is 3. The van der Waals surface area contributed by atoms with E-state index in [1.165, 1.54) is 0 Å². The van der Waals surface area contributed by atoms with E-state index >= 15 is 0 Å². The van der Waals surface area contributed by atoms with Crippen LogP contribution >= 0.6 is 0 Å². The maximum atomic E-state index is 13.4. The molecule has 0 atom stereocenters. The van der Waals surface area contributed by atoms with Crippen LogP contribution in [-0.4, -0.2) is 24.6 Å². The summed E-state index contributed by atoms with van der Waals surface area (Å²) < 4.78 is 8.88. The molecule has 0 bridgehead atoms. The fourth-order valence-corrected chi connectivity index (χ4v) is 6.15. The molecule has 0 aliphatic heterocycles. The van der Waals surface area contributed by atoms with Crippen molar-refractivity contribution in [3.8, 4) is 22.6 Å². The Morgan fingerprint density at radius 3 is 2.55 bits per heavy atom. The minimum atomic E-state index is -0.136. The molecule has 1 aromatic heterocycles. The zero-order chi connectivity index (χ0) is 22.8. The molecule has 0 radical (unpaired) electrons. The third-order valence-corrected chi connectivity index (χ3v) is 7.96. The molecular formula is C28H21NO3Se. The molecule has 0 saturated carbocycles. The molecule has 33 heavy (non-hydrogen) atoms. The third kappa shape index (κ3) is 4.21. The Morgan fingerprint density at radius 1 is 0.909 bits per heavy atom. The molecule has 4 nitrogen and oxygen atoms in total. The van der Waals surface area contributed by atoms with E-state index < -0.39 is 0 Å². The molecule has 0 unspecified atom stereocenters. The molecule has 0 saturated heterocycles. The molecule has 0 aliphatic carbocycles. The molecule has 5 rings (SSSR count). The van der Waals surface area contributed by atoms with E-state index in [4.69, 9.17) is 4.74 Å². The fraction of sp³-hybridized carbons (Fsp3) is 0.0714. The fourth-order valence-electron chi connectivity index (χ4n) is 3.95. The van der Waals surface area contributed by atoms with Crippen molar-refractivity contribution in [2.75, 3.05) is 0 Å². The van der Waals surface area contributed by atoms with Gasteiger partial charge in [0.1, 0.15) is 0 Å². The van der Waals surface area contributed by atoms with Gasteiger partial charge >= 0.3 is 198 Å². The van der Waals surface area contributed by atoms with Crippen LogP contribution in [0.5, 0.6) is 5.75 Å². The van der Waals surface area contributed by atoms with Crippen LogP contribution in [0.3, 0.4) is 0 Å². The summed E-state index contributed by atoms with van der Waals surface area (Å²) in [4.78, 5) is 24.3. The van der Waals surface area contributed by atoms with E-state index in [0.29, 0.717) is 23.3 Å². The zero-order valence-electron chi connectivity index (χ0n) is 18.0. The van der Waals surface area contributed by atoms with Gasteiger partial charge in [-0.3, -0.25) is 0 Å². The quantitative estimate of drug-likeness (QED) is 0.232. The number of rotatable bonds is 6. The number of aldehydes is 1. The van der Waals surface area contributed by atoms with Crippen molar-refractivity contribution in [1.82, 2.24) is 3.56 Å². The van der Waals surface area contributed by atoms with Crippen LogP contribution in [0.2, 0.25) is 0 Å². The first kappa shape index (κ1) is 21.2. The van der Waals surface area contributed by atoms with Crippen molar-refractivity contribution in [2.45, 2.75) is 13.5 Å². The topological polar surface area (TPSA) is 48.3 Å². The van der Waals surface area contributed by atoms with Crippen LogP contribution in [0, 0.1) is 6.92 Å². The number of carbonyl (C=O) groups is 1. The summed E-state index contributed by atoms with van der Waals surface area (Å²) in [6.45, 7) is 2.41. The van der Waals surface area contributed by atoms with Crippen LogP contribution in [0.25, 0.3) is 26.5 Å². The Kier molecular flexibility index (Phi) is 5.82. The van der Waals surface area contributed by atoms with E-state index in [0.717, 1.165) is 38.5 Å². The molecule has 4 aromatic carbocycles. The molecule has 162 valence electrons. The Balaban J connectivity index is 1.48. The van der Waals surface area contributed by atoms with E-state index in [1.54, 1.807) is 12.1 Å². The summed E-state index contributed by atoms with van der Waals surface area (Å²) in [5.74, 6) is 0.644. The molecule has 0 amide bonds. The van der Waals surface area contributed by atoms with Crippen LogP contribution < -0.4 is 10.3 Å². The summed E-state index contributed by atoms with van der Waals surface area (Å²) in [7, 11) is 0. The van der Waals surface area contributed by atoms with Crippen LogP contribution in [-0.2, 0) is 6.61 Å². The van der Waals surface area contributed by atoms with Gasteiger partial charge in [0.15, 0.2) is 0 Å². The van der Waals surface area contributed by atoms with Crippen LogP contribution in [0.1, 0.15) is 21.5 Å². The van der Waals surface area contributed by atoms with Crippen molar-refractivity contribution in [2.24, 2.45) is 0 Å². The van der Waals surface area contributed by atoms with Gasteiger partial charge in [-0.2, -0.15) is 0 Å². The molecule has 5 heteroatoms. The first-order valence-corrected chi connectivity index (χ1v) is 12.2. The number of nitrogens with zero attached hydrogens (tertiary/aromatic N) is 1. The van der Waals surface area contributed by atoms with Crippen LogP contribution in [0.4, 0.5) is 0 Å². The van der Waals surface area contributed by atoms with Crippen molar-refractivity contribution in [3.63, 3.8) is 0 Å². The third-order valence-electron chi connectivity index (χ3n) is 5.66. The minimum absolute atomic E-state index is 0.00622. The summed E-state index contributed by atoms with van der Waals surface area (Å²) in [5, 5.41) is 0.693. The van der Waals surface area contributed by atoms with Crippen molar-refractivity contribution < 1.29 is 9.53 Å². The summed E-state index contributed by atoms with van der Waals surface area (Å²) >= 11 is -0.136. The molecule has 0 fully saturated rings. The molecule has 0 spiro atoms. The Morgan fingerprint density at radius 2 is 1.73 bits per heavy atom. The maximum absolute atomic E-state index is 13.4. The van der Waals surface area contributed by atoms with Gasteiger partial charge in [-0.15, -0.1) is 0 Å². The number of carbonyl (C=O) groups excluding carboxylic acids is 1. The zero-order valence-corrected chi connectivity index (χ0v) is 19.7. The van der Waals surface area contributed by atoms with Crippen molar-refractivity contribution in [1.29, 1.82) is 0 Å². The summed E-state index contributed by atoms with van der Waals surface area (Å²) in [6, 6.07) is 29.4. The normalized spacial score (nSPS) is 10.9. The molecule has 5 aromatic rings. The van der Waals surface area contributed by atoms with Gasteiger partial charge in [0.2, 0.25) is 0 Å². The van der Waals surface area contributed by atoms with Gasteiger partial charge in [0, 0.05) is 0 Å². The number of ether oxygens (including phenoxy) is 1. The van der Waals surface area contributed by atoms with E-state index in [2.05, 4.69) is 25.1 Å². The van der Waals surface area contributed by atoms with Crippen LogP contribution in [0.15, 0.2) is 95.8 Å². The van der Waals surface area contributed by atoms with E-state index in [-0.39, 0.29) is 20.3 Å². The van der Waals surface area contributed by atoms with Gasteiger partial charge in [0.05, 0.1) is 0 Å². The first-order chi connectivity index (χ1) is 16.1. The molecule has 1 heterocycles. The second-order valence-electron chi connectivity index (χ2n) is 7.82. The first-order valence-electron chi connectivity index (χ1n) is 10.6. The van der Waals surface area contributed by atoms with E-state index in [1.807, 2.05) is 64.2 Å². The second-order valence-corrected chi connectivity index (χ2v) is 9.89. The SMILES string of the molecule is Cc1c(-c2ccccc2)cccc1-n1[se]c2ccc(OCc3cccc(C=O)c3)cc2c1=O. The van der Waals surface area contributed by atoms with Crippen molar-refractivity contribution in [3.05, 3.63) is 118 Å². The summed E-state index contributed by atoms with van der Waals surface area (Å²) in [6.07, 6.45) is 0.822. The number of benzene rings is 4. The second kappa shape index (κ2) is 9.07. The molecular weight excluding hydrogens is 477 g/mol. The van der Waals surface area contributed by atoms with Gasteiger partial charge in [0.25, 0.3) is 0 Å². The van der Waals surface area contributed by atoms with Gasteiger partial charge in [-0.05, 0) is 0 Å². The molecule has 0 N–H and O–H groups in total.